The summed E-state index contributed by atoms with van der Waals surface area (Å²) in [6.45, 7) is 6.72. The van der Waals surface area contributed by atoms with Crippen LogP contribution in [-0.4, -0.2) is 62.1 Å². The summed E-state index contributed by atoms with van der Waals surface area (Å²) in [4.78, 5) is 27.4. The predicted molar refractivity (Wildman–Crippen MR) is 117 cm³/mol. The van der Waals surface area contributed by atoms with Crippen molar-refractivity contribution in [3.05, 3.63) is 30.1 Å². The van der Waals surface area contributed by atoms with Gasteiger partial charge in [-0.2, -0.15) is 10.1 Å². The van der Waals surface area contributed by atoms with Gasteiger partial charge in [0.15, 0.2) is 5.82 Å². The molecule has 1 saturated heterocycles. The van der Waals surface area contributed by atoms with Crippen LogP contribution in [0, 0.1) is 12.8 Å². The minimum Gasteiger partial charge on any atom is -0.481 e. The maximum Gasteiger partial charge on any atom is 0.308 e. The highest BCUT2D eigenvalue weighted by atomic mass is 16.5. The number of aryl methyl sites for hydroxylation is 1. The van der Waals surface area contributed by atoms with E-state index in [1.807, 2.05) is 41.6 Å². The van der Waals surface area contributed by atoms with Crippen LogP contribution in [0.1, 0.15) is 25.5 Å². The molecule has 4 rings (SSSR count). The number of carboxylic acid groups (broad SMARTS) is 1. The largest absolute Gasteiger partial charge is 0.481 e. The molecule has 1 aliphatic rings. The molecule has 4 heterocycles. The molecule has 31 heavy (non-hydrogen) atoms. The van der Waals surface area contributed by atoms with Gasteiger partial charge >= 0.3 is 5.97 Å². The quantitative estimate of drug-likeness (QED) is 0.525. The molecular formula is C21H27N7O3. The summed E-state index contributed by atoms with van der Waals surface area (Å²) < 4.78 is 7.36. The topological polar surface area (TPSA) is 118 Å². The van der Waals surface area contributed by atoms with E-state index in [1.165, 1.54) is 0 Å². The Morgan fingerprint density at radius 2 is 2.23 bits per heavy atom. The average molecular weight is 425 g/mol. The lowest BCUT2D eigenvalue weighted by atomic mass is 9.99. The second-order valence-electron chi connectivity index (χ2n) is 7.54. The first kappa shape index (κ1) is 21.0. The van der Waals surface area contributed by atoms with E-state index in [9.17, 15) is 9.90 Å². The van der Waals surface area contributed by atoms with Gasteiger partial charge in [0, 0.05) is 25.9 Å². The van der Waals surface area contributed by atoms with Crippen LogP contribution in [0.25, 0.3) is 11.0 Å². The Balaban J connectivity index is 1.76. The fourth-order valence-electron chi connectivity index (χ4n) is 3.82. The van der Waals surface area contributed by atoms with E-state index in [0.29, 0.717) is 50.3 Å². The molecule has 1 aliphatic heterocycles. The number of aromatic nitrogens is 5. The highest BCUT2D eigenvalue weighted by Gasteiger charge is 2.28. The average Bonchev–Trinajstić information content (AvgIpc) is 3.10. The number of ether oxygens (including phenoxy) is 1. The third kappa shape index (κ3) is 4.58. The second kappa shape index (κ2) is 9.25. The summed E-state index contributed by atoms with van der Waals surface area (Å²) in [6.07, 6.45) is 3.16. The van der Waals surface area contributed by atoms with Gasteiger partial charge in [-0.25, -0.2) is 9.97 Å². The van der Waals surface area contributed by atoms with Gasteiger partial charge in [0.2, 0.25) is 5.95 Å². The number of nitrogens with one attached hydrogen (secondary N) is 1. The summed E-state index contributed by atoms with van der Waals surface area (Å²) >= 11 is 0. The maximum absolute atomic E-state index is 11.5. The van der Waals surface area contributed by atoms with Gasteiger partial charge in [0.05, 0.1) is 24.8 Å². The number of pyridine rings is 1. The Labute approximate surface area is 180 Å². The fourth-order valence-corrected chi connectivity index (χ4v) is 3.82. The number of nitrogens with zero attached hydrogens (tertiary/aromatic N) is 6. The van der Waals surface area contributed by atoms with Crippen LogP contribution in [0.4, 0.5) is 17.6 Å². The van der Waals surface area contributed by atoms with Crippen molar-refractivity contribution in [2.75, 3.05) is 36.5 Å². The van der Waals surface area contributed by atoms with E-state index in [0.717, 1.165) is 29.7 Å². The molecule has 0 saturated carbocycles. The van der Waals surface area contributed by atoms with E-state index in [4.69, 9.17) is 14.7 Å². The molecule has 1 fully saturated rings. The normalized spacial score (nSPS) is 16.6. The van der Waals surface area contributed by atoms with Crippen molar-refractivity contribution < 1.29 is 14.6 Å². The summed E-state index contributed by atoms with van der Waals surface area (Å²) in [6, 6.07) is 5.61. The number of aliphatic carboxylic acids is 1. The Kier molecular flexibility index (Phi) is 6.26. The highest BCUT2D eigenvalue weighted by Crippen LogP contribution is 2.29. The zero-order valence-corrected chi connectivity index (χ0v) is 17.8. The minimum absolute atomic E-state index is 0.390. The molecule has 0 spiro atoms. The molecular weight excluding hydrogens is 398 g/mol. The maximum atomic E-state index is 11.5. The zero-order valence-electron chi connectivity index (χ0n) is 17.8. The van der Waals surface area contributed by atoms with Gasteiger partial charge in [-0.3, -0.25) is 9.48 Å². The van der Waals surface area contributed by atoms with Crippen LogP contribution >= 0.6 is 0 Å². The standard InChI is InChI=1S/C21H27N7O3/c1-3-31-12-11-28-18-17(14(2)26-28)24-21(27-10-6-7-15(13-27)20(29)30)25-19(18)23-16-8-4-5-9-22-16/h4-5,8-9,15H,3,6-7,10-13H2,1-2H3,(H,29,30)(H,22,23,24,25)/t15-/m0/s1. The van der Waals surface area contributed by atoms with Crippen LogP contribution in [0.2, 0.25) is 0 Å². The molecule has 0 unspecified atom stereocenters. The van der Waals surface area contributed by atoms with Crippen molar-refractivity contribution in [3.8, 4) is 0 Å². The van der Waals surface area contributed by atoms with Gasteiger partial charge in [0.1, 0.15) is 16.9 Å². The smallest absolute Gasteiger partial charge is 0.308 e. The summed E-state index contributed by atoms with van der Waals surface area (Å²) in [5, 5.41) is 17.4. The number of fused-ring (bicyclic) bond motifs is 1. The lowest BCUT2D eigenvalue weighted by molar-refractivity contribution is -0.141. The van der Waals surface area contributed by atoms with Gasteiger partial charge < -0.3 is 20.1 Å². The molecule has 10 heteroatoms. The van der Waals surface area contributed by atoms with Crippen molar-refractivity contribution in [2.24, 2.45) is 5.92 Å². The number of anilines is 3. The first-order valence-corrected chi connectivity index (χ1v) is 10.6. The Hall–Kier alpha value is -3.27. The van der Waals surface area contributed by atoms with Crippen molar-refractivity contribution >= 4 is 34.6 Å². The van der Waals surface area contributed by atoms with E-state index in [1.54, 1.807) is 6.20 Å². The van der Waals surface area contributed by atoms with E-state index in [2.05, 4.69) is 15.4 Å². The van der Waals surface area contributed by atoms with Crippen molar-refractivity contribution in [3.63, 3.8) is 0 Å². The summed E-state index contributed by atoms with van der Waals surface area (Å²) in [5.74, 6) is 0.552. The molecule has 3 aromatic rings. The third-order valence-electron chi connectivity index (χ3n) is 5.36. The number of piperidine rings is 1. The predicted octanol–water partition coefficient (Wildman–Crippen LogP) is 2.61. The van der Waals surface area contributed by atoms with Crippen LogP contribution in [0.3, 0.4) is 0 Å². The molecule has 10 nitrogen and oxygen atoms in total. The van der Waals surface area contributed by atoms with Crippen molar-refractivity contribution in [1.29, 1.82) is 0 Å². The number of rotatable bonds is 8. The lowest BCUT2D eigenvalue weighted by Gasteiger charge is -2.31. The number of carbonyl (C=O) groups is 1. The van der Waals surface area contributed by atoms with Gasteiger partial charge in [0.25, 0.3) is 0 Å². The van der Waals surface area contributed by atoms with Crippen LogP contribution < -0.4 is 10.2 Å². The van der Waals surface area contributed by atoms with Crippen molar-refractivity contribution in [2.45, 2.75) is 33.2 Å². The van der Waals surface area contributed by atoms with Crippen LogP contribution in [-0.2, 0) is 16.1 Å². The van der Waals surface area contributed by atoms with Crippen molar-refractivity contribution in [1.82, 2.24) is 24.7 Å². The molecule has 164 valence electrons. The zero-order chi connectivity index (χ0) is 21.8. The van der Waals surface area contributed by atoms with Crippen LogP contribution in [0.5, 0.6) is 0 Å². The summed E-state index contributed by atoms with van der Waals surface area (Å²) in [5.41, 5.74) is 2.29. The van der Waals surface area contributed by atoms with Gasteiger partial charge in [-0.05, 0) is 38.8 Å². The third-order valence-corrected chi connectivity index (χ3v) is 5.36. The molecule has 0 bridgehead atoms. The Bertz CT molecular complexity index is 1050. The summed E-state index contributed by atoms with van der Waals surface area (Å²) in [7, 11) is 0. The van der Waals surface area contributed by atoms with Crippen LogP contribution in [0.15, 0.2) is 24.4 Å². The number of carboxylic acids is 1. The molecule has 0 radical (unpaired) electrons. The van der Waals surface area contributed by atoms with E-state index < -0.39 is 11.9 Å². The lowest BCUT2D eigenvalue weighted by Crippen LogP contribution is -2.39. The molecule has 0 aliphatic carbocycles. The molecule has 2 N–H and O–H groups in total. The van der Waals surface area contributed by atoms with E-state index in [-0.39, 0.29) is 0 Å². The first-order chi connectivity index (χ1) is 15.1. The molecule has 1 atom stereocenters. The van der Waals surface area contributed by atoms with Gasteiger partial charge in [-0.15, -0.1) is 0 Å². The molecule has 0 aromatic carbocycles. The fraction of sp³-hybridized carbons (Fsp3) is 0.476. The Morgan fingerprint density at radius 3 is 2.97 bits per heavy atom. The highest BCUT2D eigenvalue weighted by molar-refractivity contribution is 5.90. The second-order valence-corrected chi connectivity index (χ2v) is 7.54. The molecule has 3 aromatic heterocycles. The SMILES string of the molecule is CCOCCn1nc(C)c2nc(N3CCC[C@H](C(=O)O)C3)nc(Nc3ccccn3)c21. The minimum atomic E-state index is -0.780. The van der Waals surface area contributed by atoms with E-state index >= 15 is 0 Å². The molecule has 0 amide bonds. The first-order valence-electron chi connectivity index (χ1n) is 10.6. The van der Waals surface area contributed by atoms with Gasteiger partial charge in [-0.1, -0.05) is 6.07 Å². The monoisotopic (exact) mass is 425 g/mol. The number of hydrogen-bond donors (Lipinski definition) is 2. The number of hydrogen-bond acceptors (Lipinski definition) is 8. The Morgan fingerprint density at radius 1 is 1.35 bits per heavy atom.